The fourth-order valence-electron chi connectivity index (χ4n) is 2.08. The standard InChI is InChI=1S/C14H17NO4/c1-2-18-14(17)9-12(13-7-8-19-15-13)10-3-5-11(16)6-4-10/h3-6,12,16H,2,7-9H2,1H3. The van der Waals surface area contributed by atoms with Gasteiger partial charge >= 0.3 is 5.97 Å². The minimum Gasteiger partial charge on any atom is -0.508 e. The summed E-state index contributed by atoms with van der Waals surface area (Å²) in [6.07, 6.45) is 0.950. The van der Waals surface area contributed by atoms with Crippen LogP contribution in [0.5, 0.6) is 5.75 Å². The molecule has 0 bridgehead atoms. The van der Waals surface area contributed by atoms with Crippen LogP contribution in [0.1, 0.15) is 31.2 Å². The lowest BCUT2D eigenvalue weighted by Gasteiger charge is -2.15. The lowest BCUT2D eigenvalue weighted by Crippen LogP contribution is -2.17. The summed E-state index contributed by atoms with van der Waals surface area (Å²) in [5, 5.41) is 13.3. The molecule has 1 atom stereocenters. The van der Waals surface area contributed by atoms with Crippen LogP contribution in [-0.2, 0) is 14.4 Å². The van der Waals surface area contributed by atoms with E-state index >= 15 is 0 Å². The number of aromatic hydroxyl groups is 1. The maximum absolute atomic E-state index is 11.7. The second-order valence-corrected chi connectivity index (χ2v) is 4.32. The topological polar surface area (TPSA) is 68.1 Å². The van der Waals surface area contributed by atoms with Crippen molar-refractivity contribution in [2.75, 3.05) is 13.2 Å². The van der Waals surface area contributed by atoms with Crippen LogP contribution >= 0.6 is 0 Å². The molecule has 2 rings (SSSR count). The fourth-order valence-corrected chi connectivity index (χ4v) is 2.08. The van der Waals surface area contributed by atoms with Crippen molar-refractivity contribution in [1.29, 1.82) is 0 Å². The minimum absolute atomic E-state index is 0.151. The van der Waals surface area contributed by atoms with E-state index in [4.69, 9.17) is 9.57 Å². The molecular weight excluding hydrogens is 246 g/mol. The summed E-state index contributed by atoms with van der Waals surface area (Å²) >= 11 is 0. The van der Waals surface area contributed by atoms with Gasteiger partial charge in [0, 0.05) is 12.3 Å². The van der Waals surface area contributed by atoms with Crippen molar-refractivity contribution in [3.8, 4) is 5.75 Å². The first-order valence-corrected chi connectivity index (χ1v) is 6.34. The van der Waals surface area contributed by atoms with Gasteiger partial charge in [-0.3, -0.25) is 4.79 Å². The molecule has 0 aromatic heterocycles. The second-order valence-electron chi connectivity index (χ2n) is 4.32. The molecular formula is C14H17NO4. The highest BCUT2D eigenvalue weighted by Crippen LogP contribution is 2.27. The normalized spacial score (nSPS) is 15.5. The summed E-state index contributed by atoms with van der Waals surface area (Å²) in [7, 11) is 0. The zero-order valence-electron chi connectivity index (χ0n) is 10.8. The highest BCUT2D eigenvalue weighted by atomic mass is 16.6. The Hall–Kier alpha value is -2.04. The molecule has 1 N–H and O–H groups in total. The highest BCUT2D eigenvalue weighted by Gasteiger charge is 2.25. The summed E-state index contributed by atoms with van der Waals surface area (Å²) in [6, 6.07) is 6.79. The number of nitrogens with zero attached hydrogens (tertiary/aromatic N) is 1. The van der Waals surface area contributed by atoms with Crippen molar-refractivity contribution < 1.29 is 19.5 Å². The third-order valence-corrected chi connectivity index (χ3v) is 3.01. The van der Waals surface area contributed by atoms with Crippen LogP contribution in [0.4, 0.5) is 0 Å². The number of esters is 1. The molecule has 19 heavy (non-hydrogen) atoms. The molecule has 0 amide bonds. The molecule has 1 aliphatic heterocycles. The molecule has 0 radical (unpaired) electrons. The lowest BCUT2D eigenvalue weighted by atomic mass is 9.89. The van der Waals surface area contributed by atoms with Crippen molar-refractivity contribution in [2.24, 2.45) is 5.16 Å². The number of carbonyl (C=O) groups excluding carboxylic acids is 1. The predicted octanol–water partition coefficient (Wildman–Crippen LogP) is 2.21. The van der Waals surface area contributed by atoms with Gasteiger partial charge in [-0.1, -0.05) is 17.3 Å². The van der Waals surface area contributed by atoms with Crippen LogP contribution in [0.3, 0.4) is 0 Å². The summed E-state index contributed by atoms with van der Waals surface area (Å²) in [5.41, 5.74) is 1.77. The van der Waals surface area contributed by atoms with E-state index in [1.807, 2.05) is 0 Å². The second kappa shape index (κ2) is 6.22. The van der Waals surface area contributed by atoms with E-state index in [1.54, 1.807) is 31.2 Å². The van der Waals surface area contributed by atoms with Crippen molar-refractivity contribution in [3.05, 3.63) is 29.8 Å². The van der Waals surface area contributed by atoms with Crippen molar-refractivity contribution >= 4 is 11.7 Å². The number of carbonyl (C=O) groups is 1. The number of phenolic OH excluding ortho intramolecular Hbond substituents is 1. The maximum Gasteiger partial charge on any atom is 0.306 e. The molecule has 5 nitrogen and oxygen atoms in total. The van der Waals surface area contributed by atoms with Crippen LogP contribution in [-0.4, -0.2) is 30.0 Å². The van der Waals surface area contributed by atoms with E-state index in [-0.39, 0.29) is 24.1 Å². The van der Waals surface area contributed by atoms with Gasteiger partial charge in [0.05, 0.1) is 18.7 Å². The number of benzene rings is 1. The Kier molecular flexibility index (Phi) is 4.39. The first-order chi connectivity index (χ1) is 9.20. The molecule has 0 fully saturated rings. The highest BCUT2D eigenvalue weighted by molar-refractivity contribution is 5.94. The average molecular weight is 263 g/mol. The molecule has 1 unspecified atom stereocenters. The SMILES string of the molecule is CCOC(=O)CC(C1=NOCC1)c1ccc(O)cc1. The Morgan fingerprint density at radius 3 is 2.79 bits per heavy atom. The van der Waals surface area contributed by atoms with E-state index in [1.165, 1.54) is 0 Å². The van der Waals surface area contributed by atoms with Gasteiger partial charge in [0.15, 0.2) is 0 Å². The van der Waals surface area contributed by atoms with Gasteiger partial charge in [-0.2, -0.15) is 0 Å². The van der Waals surface area contributed by atoms with Gasteiger partial charge in [0.2, 0.25) is 0 Å². The Labute approximate surface area is 111 Å². The number of hydrogen-bond donors (Lipinski definition) is 1. The molecule has 1 heterocycles. The van der Waals surface area contributed by atoms with Crippen LogP contribution < -0.4 is 0 Å². The summed E-state index contributed by atoms with van der Waals surface area (Å²) in [5.74, 6) is -0.208. The molecule has 1 aliphatic rings. The number of rotatable bonds is 5. The molecule has 1 aromatic carbocycles. The van der Waals surface area contributed by atoms with Gasteiger partial charge in [0.1, 0.15) is 12.4 Å². The zero-order chi connectivity index (χ0) is 13.7. The Balaban J connectivity index is 2.18. The Morgan fingerprint density at radius 2 is 2.21 bits per heavy atom. The van der Waals surface area contributed by atoms with Gasteiger partial charge in [-0.25, -0.2) is 0 Å². The lowest BCUT2D eigenvalue weighted by molar-refractivity contribution is -0.143. The van der Waals surface area contributed by atoms with Crippen LogP contribution in [0.15, 0.2) is 29.4 Å². The summed E-state index contributed by atoms with van der Waals surface area (Å²) in [6.45, 7) is 2.69. The average Bonchev–Trinajstić information content (AvgIpc) is 2.91. The van der Waals surface area contributed by atoms with E-state index in [2.05, 4.69) is 5.16 Å². The van der Waals surface area contributed by atoms with Gasteiger partial charge in [0.25, 0.3) is 0 Å². The summed E-state index contributed by atoms with van der Waals surface area (Å²) < 4.78 is 4.99. The maximum atomic E-state index is 11.7. The number of hydrogen-bond acceptors (Lipinski definition) is 5. The Morgan fingerprint density at radius 1 is 1.47 bits per heavy atom. The minimum atomic E-state index is -0.254. The fraction of sp³-hybridized carbons (Fsp3) is 0.429. The van der Waals surface area contributed by atoms with E-state index in [0.717, 1.165) is 11.3 Å². The van der Waals surface area contributed by atoms with Gasteiger partial charge in [-0.05, 0) is 24.6 Å². The number of phenols is 1. The smallest absolute Gasteiger partial charge is 0.306 e. The van der Waals surface area contributed by atoms with Crippen molar-refractivity contribution in [2.45, 2.75) is 25.7 Å². The van der Waals surface area contributed by atoms with Crippen molar-refractivity contribution in [3.63, 3.8) is 0 Å². The molecule has 0 spiro atoms. The molecule has 0 saturated carbocycles. The summed E-state index contributed by atoms with van der Waals surface area (Å²) in [4.78, 5) is 16.7. The van der Waals surface area contributed by atoms with Gasteiger partial charge in [-0.15, -0.1) is 0 Å². The third-order valence-electron chi connectivity index (χ3n) is 3.01. The monoisotopic (exact) mass is 263 g/mol. The third kappa shape index (κ3) is 3.47. The van der Waals surface area contributed by atoms with Crippen LogP contribution in [0, 0.1) is 0 Å². The van der Waals surface area contributed by atoms with E-state index in [9.17, 15) is 9.90 Å². The molecule has 0 saturated heterocycles. The quantitative estimate of drug-likeness (QED) is 0.827. The molecule has 1 aromatic rings. The Bertz CT molecular complexity index is 467. The first kappa shape index (κ1) is 13.4. The van der Waals surface area contributed by atoms with Crippen LogP contribution in [0.2, 0.25) is 0 Å². The molecule has 5 heteroatoms. The molecule has 102 valence electrons. The largest absolute Gasteiger partial charge is 0.508 e. The first-order valence-electron chi connectivity index (χ1n) is 6.34. The molecule has 0 aliphatic carbocycles. The van der Waals surface area contributed by atoms with Gasteiger partial charge < -0.3 is 14.7 Å². The van der Waals surface area contributed by atoms with E-state index in [0.29, 0.717) is 19.6 Å². The number of oxime groups is 1. The predicted molar refractivity (Wildman–Crippen MR) is 70.1 cm³/mol. The van der Waals surface area contributed by atoms with E-state index < -0.39 is 0 Å². The number of ether oxygens (including phenoxy) is 1. The van der Waals surface area contributed by atoms with Crippen molar-refractivity contribution in [1.82, 2.24) is 0 Å². The van der Waals surface area contributed by atoms with Crippen LogP contribution in [0.25, 0.3) is 0 Å². The zero-order valence-corrected chi connectivity index (χ0v) is 10.8.